The Balaban J connectivity index is 1.36. The van der Waals surface area contributed by atoms with Crippen LogP contribution >= 0.6 is 12.2 Å². The van der Waals surface area contributed by atoms with Crippen molar-refractivity contribution in [3.63, 3.8) is 0 Å². The zero-order valence-electron chi connectivity index (χ0n) is 18.7. The number of hydrogen-bond acceptors (Lipinski definition) is 6. The van der Waals surface area contributed by atoms with Gasteiger partial charge in [-0.3, -0.25) is 19.4 Å². The van der Waals surface area contributed by atoms with Crippen LogP contribution in [0.5, 0.6) is 0 Å². The molecule has 2 N–H and O–H groups in total. The first-order valence-electron chi connectivity index (χ1n) is 10.8. The third-order valence-electron chi connectivity index (χ3n) is 5.50. The van der Waals surface area contributed by atoms with Crippen molar-refractivity contribution >= 4 is 56.5 Å². The summed E-state index contributed by atoms with van der Waals surface area (Å²) < 4.78 is 28.2. The molecule has 0 saturated carbocycles. The summed E-state index contributed by atoms with van der Waals surface area (Å²) in [6, 6.07) is 23.8. The minimum atomic E-state index is -3.96. The van der Waals surface area contributed by atoms with Crippen LogP contribution in [-0.4, -0.2) is 35.3 Å². The van der Waals surface area contributed by atoms with E-state index in [1.807, 2.05) is 36.4 Å². The summed E-state index contributed by atoms with van der Waals surface area (Å²) in [6.07, 6.45) is 1.18. The number of nitrogens with zero attached hydrogens (tertiary/aromatic N) is 3. The van der Waals surface area contributed by atoms with Gasteiger partial charge >= 0.3 is 0 Å². The summed E-state index contributed by atoms with van der Waals surface area (Å²) in [5, 5.41) is 0.000194. The second-order valence-corrected chi connectivity index (χ2v) is 9.91. The monoisotopic (exact) mass is 517 g/mol. The van der Waals surface area contributed by atoms with Gasteiger partial charge in [0, 0.05) is 0 Å². The molecule has 0 aliphatic carbocycles. The predicted octanol–water partition coefficient (Wildman–Crippen LogP) is 3.93. The molecule has 5 rings (SSSR count). The molecular weight excluding hydrogens is 498 g/mol. The minimum absolute atomic E-state index is 0.000194. The Hall–Kier alpha value is -4.35. The smallest absolute Gasteiger partial charge is 0.264 e. The van der Waals surface area contributed by atoms with Crippen LogP contribution in [0.25, 0.3) is 11.3 Å². The quantitative estimate of drug-likeness (QED) is 0.296. The number of carbonyl (C=O) groups excluding carboxylic acids is 2. The van der Waals surface area contributed by atoms with Crippen molar-refractivity contribution < 1.29 is 18.0 Å². The molecule has 2 amide bonds. The number of imidazole rings is 1. The number of nitrogens with one attached hydrogen (secondary N) is 2. The third kappa shape index (κ3) is 4.49. The van der Waals surface area contributed by atoms with E-state index in [0.717, 1.165) is 5.56 Å². The summed E-state index contributed by atoms with van der Waals surface area (Å²) in [4.78, 5) is 34.8. The van der Waals surface area contributed by atoms with E-state index in [0.29, 0.717) is 17.1 Å². The number of H-pyrrole nitrogens is 1. The van der Waals surface area contributed by atoms with Crippen molar-refractivity contribution in [3.05, 3.63) is 91.1 Å². The summed E-state index contributed by atoms with van der Waals surface area (Å²) in [5.41, 5.74) is 2.42. The lowest BCUT2D eigenvalue weighted by atomic mass is 10.2. The lowest BCUT2D eigenvalue weighted by Crippen LogP contribution is -2.55. The van der Waals surface area contributed by atoms with E-state index in [-0.39, 0.29) is 22.4 Å². The van der Waals surface area contributed by atoms with Crippen molar-refractivity contribution in [1.29, 1.82) is 0 Å². The Labute approximate surface area is 212 Å². The second-order valence-electron chi connectivity index (χ2n) is 7.86. The highest BCUT2D eigenvalue weighted by molar-refractivity contribution is 7.92. The number of aromatic nitrogens is 2. The standard InChI is InChI=1S/C25H19N5O4S2/c31-22-15-23(32)30(25(35)29(22)18-9-5-2-6-10-18)19-11-13-20(14-12-19)36(33,34)28-24-26-16-21(27-24)17-7-3-1-4-8-17/h1-14,16H,15H2,(H2,26,27,28). The summed E-state index contributed by atoms with van der Waals surface area (Å²) in [6.45, 7) is 0. The highest BCUT2D eigenvalue weighted by Gasteiger charge is 2.37. The molecule has 0 spiro atoms. The maximum Gasteiger partial charge on any atom is 0.264 e. The van der Waals surface area contributed by atoms with E-state index in [9.17, 15) is 18.0 Å². The zero-order chi connectivity index (χ0) is 25.3. The van der Waals surface area contributed by atoms with Crippen LogP contribution in [0.15, 0.2) is 96.0 Å². The van der Waals surface area contributed by atoms with E-state index in [1.165, 1.54) is 34.1 Å². The van der Waals surface area contributed by atoms with E-state index in [4.69, 9.17) is 12.2 Å². The van der Waals surface area contributed by atoms with Crippen LogP contribution in [0.3, 0.4) is 0 Å². The number of amides is 2. The molecule has 2 heterocycles. The normalized spacial score (nSPS) is 14.3. The van der Waals surface area contributed by atoms with Crippen LogP contribution in [0.4, 0.5) is 17.3 Å². The van der Waals surface area contributed by atoms with Gasteiger partial charge in [-0.25, -0.2) is 18.1 Å². The van der Waals surface area contributed by atoms with Crippen molar-refractivity contribution in [2.75, 3.05) is 14.5 Å². The first-order valence-corrected chi connectivity index (χ1v) is 12.7. The largest absolute Gasteiger partial charge is 0.323 e. The highest BCUT2D eigenvalue weighted by Crippen LogP contribution is 2.28. The first kappa shape index (κ1) is 23.4. The number of hydrogen-bond donors (Lipinski definition) is 2. The predicted molar refractivity (Wildman–Crippen MR) is 140 cm³/mol. The van der Waals surface area contributed by atoms with Crippen molar-refractivity contribution in [2.24, 2.45) is 0 Å². The molecule has 1 fully saturated rings. The SMILES string of the molecule is O=C1CC(=O)N(c2ccc(S(=O)(=O)Nc3ncc(-c4ccccc4)[nH]3)cc2)C(=S)N1c1ccccc1. The van der Waals surface area contributed by atoms with Crippen molar-refractivity contribution in [3.8, 4) is 11.3 Å². The van der Waals surface area contributed by atoms with Crippen LogP contribution in [0.2, 0.25) is 0 Å². The molecule has 1 saturated heterocycles. The van der Waals surface area contributed by atoms with Gasteiger partial charge in [0.15, 0.2) is 5.11 Å². The van der Waals surface area contributed by atoms with E-state index >= 15 is 0 Å². The van der Waals surface area contributed by atoms with E-state index in [1.54, 1.807) is 30.5 Å². The molecule has 0 radical (unpaired) electrons. The molecule has 11 heteroatoms. The number of rotatable bonds is 6. The van der Waals surface area contributed by atoms with Gasteiger partial charge in [-0.15, -0.1) is 0 Å². The second kappa shape index (κ2) is 9.36. The molecule has 1 aliphatic rings. The maximum absolute atomic E-state index is 12.9. The number of thiocarbonyl (C=S) groups is 1. The number of para-hydroxylation sites is 1. The van der Waals surface area contributed by atoms with Gasteiger partial charge in [-0.1, -0.05) is 48.5 Å². The van der Waals surface area contributed by atoms with Crippen molar-refractivity contribution in [1.82, 2.24) is 9.97 Å². The number of sulfonamides is 1. The van der Waals surface area contributed by atoms with Gasteiger partial charge in [0.25, 0.3) is 10.0 Å². The molecule has 3 aromatic carbocycles. The average molecular weight is 518 g/mol. The van der Waals surface area contributed by atoms with Crippen LogP contribution in [0, 0.1) is 0 Å². The fraction of sp³-hybridized carbons (Fsp3) is 0.0400. The van der Waals surface area contributed by atoms with Crippen LogP contribution < -0.4 is 14.5 Å². The molecule has 4 aromatic rings. The molecule has 0 atom stereocenters. The zero-order valence-corrected chi connectivity index (χ0v) is 20.3. The minimum Gasteiger partial charge on any atom is -0.323 e. The molecule has 9 nitrogen and oxygen atoms in total. The first-order chi connectivity index (χ1) is 17.3. The molecule has 1 aliphatic heterocycles. The lowest BCUT2D eigenvalue weighted by Gasteiger charge is -2.35. The number of aromatic amines is 1. The average Bonchev–Trinajstić information content (AvgIpc) is 3.33. The summed E-state index contributed by atoms with van der Waals surface area (Å²) in [5.74, 6) is -0.846. The number of benzene rings is 3. The van der Waals surface area contributed by atoms with Crippen LogP contribution in [-0.2, 0) is 19.6 Å². The molecular formula is C25H19N5O4S2. The molecule has 36 heavy (non-hydrogen) atoms. The molecule has 180 valence electrons. The topological polar surface area (TPSA) is 115 Å². The molecule has 1 aromatic heterocycles. The lowest BCUT2D eigenvalue weighted by molar-refractivity contribution is -0.126. The number of anilines is 3. The van der Waals surface area contributed by atoms with Gasteiger partial charge in [0.1, 0.15) is 6.42 Å². The number of carbonyl (C=O) groups is 2. The Bertz CT molecular complexity index is 1550. The van der Waals surface area contributed by atoms with E-state index < -0.39 is 21.8 Å². The highest BCUT2D eigenvalue weighted by atomic mass is 32.2. The summed E-state index contributed by atoms with van der Waals surface area (Å²) >= 11 is 5.47. The molecule has 0 bridgehead atoms. The van der Waals surface area contributed by atoms with Gasteiger partial charge < -0.3 is 4.98 Å². The van der Waals surface area contributed by atoms with Gasteiger partial charge in [0.05, 0.1) is 28.2 Å². The van der Waals surface area contributed by atoms with Gasteiger partial charge in [-0.05, 0) is 54.2 Å². The third-order valence-corrected chi connectivity index (χ3v) is 7.22. The van der Waals surface area contributed by atoms with Gasteiger partial charge in [-0.2, -0.15) is 0 Å². The van der Waals surface area contributed by atoms with E-state index in [2.05, 4.69) is 14.7 Å². The maximum atomic E-state index is 12.9. The molecule has 0 unspecified atom stereocenters. The Morgan fingerprint density at radius 1 is 0.806 bits per heavy atom. The fourth-order valence-electron chi connectivity index (χ4n) is 3.78. The van der Waals surface area contributed by atoms with Crippen LogP contribution in [0.1, 0.15) is 6.42 Å². The Kier molecular flexibility index (Phi) is 6.08. The Morgan fingerprint density at radius 2 is 1.36 bits per heavy atom. The Morgan fingerprint density at radius 3 is 1.97 bits per heavy atom. The van der Waals surface area contributed by atoms with Gasteiger partial charge in [0.2, 0.25) is 17.8 Å². The van der Waals surface area contributed by atoms with Crippen molar-refractivity contribution in [2.45, 2.75) is 11.3 Å². The summed E-state index contributed by atoms with van der Waals surface area (Å²) in [7, 11) is -3.96. The fourth-order valence-corrected chi connectivity index (χ4v) is 5.17.